The number of hydrogen-bond acceptors (Lipinski definition) is 7. The Morgan fingerprint density at radius 3 is 2.29 bits per heavy atom. The van der Waals surface area contributed by atoms with Gasteiger partial charge in [-0.05, 0) is 0 Å². The summed E-state index contributed by atoms with van der Waals surface area (Å²) in [5.74, 6) is -2.86. The van der Waals surface area contributed by atoms with Crippen LogP contribution in [0.5, 0.6) is 0 Å². The highest BCUT2D eigenvalue weighted by atomic mass is 16.6. The van der Waals surface area contributed by atoms with Crippen LogP contribution in [-0.2, 0) is 14.3 Å². The van der Waals surface area contributed by atoms with E-state index in [-0.39, 0.29) is 0 Å². The summed E-state index contributed by atoms with van der Waals surface area (Å²) in [5, 5.41) is 50.7. The molecule has 0 saturated carbocycles. The van der Waals surface area contributed by atoms with Crippen molar-refractivity contribution in [1.29, 1.82) is 0 Å². The molecule has 1 fully saturated rings. The second kappa shape index (κ2) is 7.32. The fourth-order valence-electron chi connectivity index (χ4n) is 2.44. The van der Waals surface area contributed by atoms with Crippen LogP contribution in [0.2, 0.25) is 0 Å². The van der Waals surface area contributed by atoms with Gasteiger partial charge >= 0.3 is 5.97 Å². The summed E-state index contributed by atoms with van der Waals surface area (Å²) in [5.41, 5.74) is -3.14. The van der Waals surface area contributed by atoms with Crippen LogP contribution in [-0.4, -0.2) is 74.2 Å². The molecular weight excluding hydrogens is 322 g/mol. The molecule has 6 N–H and O–H groups in total. The van der Waals surface area contributed by atoms with Crippen molar-refractivity contribution in [2.75, 3.05) is 6.61 Å². The lowest BCUT2D eigenvalue weighted by Gasteiger charge is -2.46. The second-order valence-electron chi connectivity index (χ2n) is 7.29. The third-order valence-corrected chi connectivity index (χ3v) is 4.22. The fraction of sp³-hybridized carbons (Fsp3) is 0.867. The van der Waals surface area contributed by atoms with Gasteiger partial charge in [-0.25, -0.2) is 4.79 Å². The smallest absolute Gasteiger partial charge is 0.357 e. The van der Waals surface area contributed by atoms with E-state index in [0.717, 1.165) is 0 Å². The highest BCUT2D eigenvalue weighted by molar-refractivity contribution is 5.88. The predicted molar refractivity (Wildman–Crippen MR) is 81.7 cm³/mol. The number of amides is 1. The number of carbonyl (C=O) groups excluding carboxylic acids is 1. The Hall–Kier alpha value is -1.26. The Kier molecular flexibility index (Phi) is 6.34. The van der Waals surface area contributed by atoms with Gasteiger partial charge in [0.1, 0.15) is 12.2 Å². The maximum atomic E-state index is 12.2. The predicted octanol–water partition coefficient (Wildman–Crippen LogP) is -1.57. The van der Waals surface area contributed by atoms with Gasteiger partial charge in [0.05, 0.1) is 18.8 Å². The first-order valence-electron chi connectivity index (χ1n) is 7.74. The number of aliphatic hydroxyl groups excluding tert-OH is 4. The van der Waals surface area contributed by atoms with Gasteiger partial charge in [-0.3, -0.25) is 4.79 Å². The van der Waals surface area contributed by atoms with E-state index in [4.69, 9.17) is 9.84 Å². The van der Waals surface area contributed by atoms with E-state index in [2.05, 4.69) is 5.32 Å². The van der Waals surface area contributed by atoms with Crippen LogP contribution in [0.3, 0.4) is 0 Å². The normalized spacial score (nSPS) is 33.6. The summed E-state index contributed by atoms with van der Waals surface area (Å²) in [6.07, 6.45) is -6.13. The van der Waals surface area contributed by atoms with Crippen LogP contribution < -0.4 is 5.32 Å². The molecule has 1 heterocycles. The highest BCUT2D eigenvalue weighted by Gasteiger charge is 2.54. The lowest BCUT2D eigenvalue weighted by molar-refractivity contribution is -0.245. The first-order chi connectivity index (χ1) is 10.9. The molecule has 9 nitrogen and oxygen atoms in total. The van der Waals surface area contributed by atoms with E-state index in [0.29, 0.717) is 0 Å². The van der Waals surface area contributed by atoms with Gasteiger partial charge in [0.25, 0.3) is 0 Å². The van der Waals surface area contributed by atoms with Gasteiger partial charge in [-0.15, -0.1) is 0 Å². The summed E-state index contributed by atoms with van der Waals surface area (Å²) in [7, 11) is 0. The number of aliphatic hydroxyl groups is 4. The van der Waals surface area contributed by atoms with Crippen molar-refractivity contribution in [3.8, 4) is 0 Å². The number of ether oxygens (including phenoxy) is 1. The van der Waals surface area contributed by atoms with Gasteiger partial charge in [0, 0.05) is 17.8 Å². The molecule has 0 aromatic rings. The molecule has 1 aliphatic rings. The molecule has 1 unspecified atom stereocenters. The average molecular weight is 349 g/mol. The molecule has 1 aliphatic heterocycles. The summed E-state index contributed by atoms with van der Waals surface area (Å²) >= 11 is 0. The van der Waals surface area contributed by atoms with Crippen molar-refractivity contribution in [3.05, 3.63) is 0 Å². The van der Waals surface area contributed by atoms with Gasteiger partial charge in [0.15, 0.2) is 0 Å². The van der Waals surface area contributed by atoms with Crippen LogP contribution in [0, 0.1) is 11.3 Å². The lowest BCUT2D eigenvalue weighted by Crippen LogP contribution is -2.67. The standard InChI is InChI=1S/C15H27NO8/c1-7-8(18)5-15(13(22)23,16-12(21)14(2,3)4)24-11(7)10(20)9(19)6-17/h7-11,17-20H,5-6H2,1-4H3,(H,16,21)(H,22,23)/t7-,8-,9-,10-,11?,15-/m1/s1. The number of rotatable bonds is 5. The molecule has 24 heavy (non-hydrogen) atoms. The quantitative estimate of drug-likeness (QED) is 0.347. The van der Waals surface area contributed by atoms with Crippen molar-refractivity contribution in [2.45, 2.75) is 64.3 Å². The number of hydrogen-bond donors (Lipinski definition) is 6. The van der Waals surface area contributed by atoms with Crippen LogP contribution in [0.15, 0.2) is 0 Å². The molecule has 6 atom stereocenters. The van der Waals surface area contributed by atoms with Crippen molar-refractivity contribution in [1.82, 2.24) is 5.32 Å². The average Bonchev–Trinajstić information content (AvgIpc) is 2.47. The van der Waals surface area contributed by atoms with Crippen LogP contribution in [0.25, 0.3) is 0 Å². The van der Waals surface area contributed by atoms with Crippen LogP contribution >= 0.6 is 0 Å². The molecule has 1 saturated heterocycles. The molecule has 0 spiro atoms. The Balaban J connectivity index is 3.17. The third kappa shape index (κ3) is 4.22. The van der Waals surface area contributed by atoms with Gasteiger partial charge in [-0.1, -0.05) is 27.7 Å². The number of carboxylic acids is 1. The molecule has 1 rings (SSSR count). The summed E-state index contributed by atoms with van der Waals surface area (Å²) < 4.78 is 5.46. The van der Waals surface area contributed by atoms with Gasteiger partial charge in [0.2, 0.25) is 11.6 Å². The minimum absolute atomic E-state index is 0.413. The Bertz CT molecular complexity index is 477. The van der Waals surface area contributed by atoms with Crippen molar-refractivity contribution < 1.29 is 39.9 Å². The maximum absolute atomic E-state index is 12.2. The summed E-state index contributed by atoms with van der Waals surface area (Å²) in [6.45, 7) is 5.50. The Morgan fingerprint density at radius 2 is 1.88 bits per heavy atom. The van der Waals surface area contributed by atoms with E-state index in [1.807, 2.05) is 0 Å². The molecular formula is C15H27NO8. The van der Waals surface area contributed by atoms with E-state index < -0.39 is 66.4 Å². The molecule has 0 aromatic carbocycles. The molecule has 0 bridgehead atoms. The van der Waals surface area contributed by atoms with E-state index >= 15 is 0 Å². The van der Waals surface area contributed by atoms with Crippen molar-refractivity contribution in [3.63, 3.8) is 0 Å². The monoisotopic (exact) mass is 349 g/mol. The zero-order valence-electron chi connectivity index (χ0n) is 14.3. The van der Waals surface area contributed by atoms with Crippen LogP contribution in [0.1, 0.15) is 34.1 Å². The number of carbonyl (C=O) groups is 2. The first-order valence-corrected chi connectivity index (χ1v) is 7.74. The molecule has 9 heteroatoms. The molecule has 1 amide bonds. The third-order valence-electron chi connectivity index (χ3n) is 4.22. The van der Waals surface area contributed by atoms with Crippen molar-refractivity contribution >= 4 is 11.9 Å². The number of carboxylic acid groups (broad SMARTS) is 1. The van der Waals surface area contributed by atoms with Gasteiger partial charge < -0.3 is 35.6 Å². The van der Waals surface area contributed by atoms with Crippen LogP contribution in [0.4, 0.5) is 0 Å². The molecule has 0 aliphatic carbocycles. The Morgan fingerprint density at radius 1 is 1.33 bits per heavy atom. The maximum Gasteiger partial charge on any atom is 0.357 e. The minimum atomic E-state index is -2.24. The van der Waals surface area contributed by atoms with E-state index in [1.54, 1.807) is 20.8 Å². The number of aliphatic carboxylic acids is 1. The largest absolute Gasteiger partial charge is 0.478 e. The Labute approximate surface area is 140 Å². The SMILES string of the molecule is C[C@H]1C([C@H](O)[C@H](O)CO)O[C@@](NC(=O)C(C)(C)C)(C(=O)O)C[C@H]1O. The molecule has 0 radical (unpaired) electrons. The first kappa shape index (κ1) is 20.8. The topological polar surface area (TPSA) is 157 Å². The highest BCUT2D eigenvalue weighted by Crippen LogP contribution is 2.34. The number of nitrogens with one attached hydrogen (secondary N) is 1. The van der Waals surface area contributed by atoms with E-state index in [9.17, 15) is 30.0 Å². The summed E-state index contributed by atoms with van der Waals surface area (Å²) in [6, 6.07) is 0. The molecule has 0 aromatic heterocycles. The second-order valence-corrected chi connectivity index (χ2v) is 7.29. The zero-order chi connectivity index (χ0) is 18.9. The van der Waals surface area contributed by atoms with Crippen molar-refractivity contribution in [2.24, 2.45) is 11.3 Å². The lowest BCUT2D eigenvalue weighted by atomic mass is 9.83. The van der Waals surface area contributed by atoms with Gasteiger partial charge in [-0.2, -0.15) is 0 Å². The zero-order valence-corrected chi connectivity index (χ0v) is 14.3. The molecule has 140 valence electrons. The minimum Gasteiger partial charge on any atom is -0.478 e. The van der Waals surface area contributed by atoms with E-state index in [1.165, 1.54) is 6.92 Å². The summed E-state index contributed by atoms with van der Waals surface area (Å²) in [4.78, 5) is 24.0. The fourth-order valence-corrected chi connectivity index (χ4v) is 2.44.